The first-order valence-electron chi connectivity index (χ1n) is 5.83. The van der Waals surface area contributed by atoms with Crippen molar-refractivity contribution in [1.29, 1.82) is 0 Å². The third kappa shape index (κ3) is 5.24. The predicted molar refractivity (Wildman–Crippen MR) is 66.6 cm³/mol. The van der Waals surface area contributed by atoms with Gasteiger partial charge in [-0.1, -0.05) is 13.0 Å². The first-order valence-corrected chi connectivity index (χ1v) is 5.83. The average molecular weight is 222 g/mol. The quantitative estimate of drug-likeness (QED) is 0.714. The lowest BCUT2D eigenvalue weighted by atomic mass is 10.0. The molecule has 1 N–H and O–H groups in total. The van der Waals surface area contributed by atoms with Gasteiger partial charge in [0.25, 0.3) is 0 Å². The van der Waals surface area contributed by atoms with Gasteiger partial charge in [-0.05, 0) is 37.4 Å². The highest BCUT2D eigenvalue weighted by Crippen LogP contribution is 2.07. The summed E-state index contributed by atoms with van der Waals surface area (Å²) in [5.74, 6) is 0.626. The summed E-state index contributed by atoms with van der Waals surface area (Å²) in [6, 6.07) is 4.23. The molecule has 1 atom stereocenters. The number of aryl methyl sites for hydroxylation is 1. The van der Waals surface area contributed by atoms with Crippen LogP contribution in [0.15, 0.2) is 18.3 Å². The first-order chi connectivity index (χ1) is 7.72. The highest BCUT2D eigenvalue weighted by atomic mass is 16.5. The maximum Gasteiger partial charge on any atom is 0.0587 e. The number of nitrogens with zero attached hydrogens (tertiary/aromatic N) is 1. The van der Waals surface area contributed by atoms with Crippen molar-refractivity contribution in [3.63, 3.8) is 0 Å². The Morgan fingerprint density at radius 1 is 1.44 bits per heavy atom. The smallest absolute Gasteiger partial charge is 0.0587 e. The van der Waals surface area contributed by atoms with Crippen molar-refractivity contribution >= 4 is 0 Å². The van der Waals surface area contributed by atoms with Gasteiger partial charge in [-0.3, -0.25) is 4.98 Å². The van der Waals surface area contributed by atoms with Gasteiger partial charge < -0.3 is 10.1 Å². The van der Waals surface area contributed by atoms with Gasteiger partial charge in [0.2, 0.25) is 0 Å². The number of methoxy groups -OCH3 is 1. The van der Waals surface area contributed by atoms with Gasteiger partial charge in [0, 0.05) is 25.5 Å². The Morgan fingerprint density at radius 2 is 2.25 bits per heavy atom. The molecular formula is C13H22N2O. The van der Waals surface area contributed by atoms with Crippen molar-refractivity contribution in [3.8, 4) is 0 Å². The summed E-state index contributed by atoms with van der Waals surface area (Å²) in [5.41, 5.74) is 2.39. The molecule has 0 amide bonds. The summed E-state index contributed by atoms with van der Waals surface area (Å²) in [4.78, 5) is 4.30. The van der Waals surface area contributed by atoms with Crippen LogP contribution in [0.25, 0.3) is 0 Å². The molecule has 90 valence electrons. The second-order valence-corrected chi connectivity index (χ2v) is 4.31. The highest BCUT2D eigenvalue weighted by molar-refractivity contribution is 5.13. The van der Waals surface area contributed by atoms with E-state index >= 15 is 0 Å². The van der Waals surface area contributed by atoms with Crippen LogP contribution in [0.4, 0.5) is 0 Å². The maximum absolute atomic E-state index is 4.98. The summed E-state index contributed by atoms with van der Waals surface area (Å²) in [6.07, 6.45) is 3.05. The van der Waals surface area contributed by atoms with Crippen molar-refractivity contribution in [2.45, 2.75) is 20.3 Å². The Hall–Kier alpha value is -0.930. The Bertz CT molecular complexity index is 284. The SMILES string of the molecule is COCCNCC(C)Cc1ccc(C)nc1. The van der Waals surface area contributed by atoms with E-state index in [1.807, 2.05) is 13.1 Å². The number of rotatable bonds is 7. The van der Waals surface area contributed by atoms with Gasteiger partial charge in [0.05, 0.1) is 6.61 Å². The van der Waals surface area contributed by atoms with Gasteiger partial charge in [0.15, 0.2) is 0 Å². The van der Waals surface area contributed by atoms with Gasteiger partial charge in [0.1, 0.15) is 0 Å². The van der Waals surface area contributed by atoms with E-state index in [1.54, 1.807) is 7.11 Å². The third-order valence-corrected chi connectivity index (χ3v) is 2.53. The predicted octanol–water partition coefficient (Wildman–Crippen LogP) is 1.80. The summed E-state index contributed by atoms with van der Waals surface area (Å²) in [6.45, 7) is 6.99. The topological polar surface area (TPSA) is 34.1 Å². The van der Waals surface area contributed by atoms with Crippen LogP contribution in [-0.2, 0) is 11.2 Å². The van der Waals surface area contributed by atoms with E-state index in [0.717, 1.165) is 31.8 Å². The minimum absolute atomic E-state index is 0.626. The number of pyridine rings is 1. The molecule has 0 radical (unpaired) electrons. The Labute approximate surface area is 98.2 Å². The molecule has 0 saturated carbocycles. The fourth-order valence-electron chi connectivity index (χ4n) is 1.62. The van der Waals surface area contributed by atoms with Crippen molar-refractivity contribution < 1.29 is 4.74 Å². The molecule has 1 aromatic rings. The van der Waals surface area contributed by atoms with E-state index in [-0.39, 0.29) is 0 Å². The monoisotopic (exact) mass is 222 g/mol. The van der Waals surface area contributed by atoms with Crippen LogP contribution in [0.2, 0.25) is 0 Å². The second kappa shape index (κ2) is 7.36. The standard InChI is InChI=1S/C13H22N2O/c1-11(9-14-6-7-16-3)8-13-5-4-12(2)15-10-13/h4-5,10-11,14H,6-9H2,1-3H3. The highest BCUT2D eigenvalue weighted by Gasteiger charge is 2.03. The van der Waals surface area contributed by atoms with Gasteiger partial charge in [-0.15, -0.1) is 0 Å². The van der Waals surface area contributed by atoms with Crippen molar-refractivity contribution in [2.75, 3.05) is 26.8 Å². The molecule has 3 heteroatoms. The molecule has 1 aromatic heterocycles. The Balaban J connectivity index is 2.23. The molecule has 0 saturated heterocycles. The van der Waals surface area contributed by atoms with Crippen LogP contribution in [0.5, 0.6) is 0 Å². The molecule has 1 unspecified atom stereocenters. The summed E-state index contributed by atoms with van der Waals surface area (Å²) in [5, 5.41) is 3.37. The van der Waals surface area contributed by atoms with Gasteiger partial charge in [-0.2, -0.15) is 0 Å². The van der Waals surface area contributed by atoms with Crippen molar-refractivity contribution in [2.24, 2.45) is 5.92 Å². The molecule has 0 aliphatic heterocycles. The van der Waals surface area contributed by atoms with E-state index < -0.39 is 0 Å². The molecule has 3 nitrogen and oxygen atoms in total. The molecule has 0 aliphatic rings. The molecule has 0 fully saturated rings. The van der Waals surface area contributed by atoms with E-state index in [1.165, 1.54) is 5.56 Å². The zero-order valence-corrected chi connectivity index (χ0v) is 10.5. The van der Waals surface area contributed by atoms with Crippen LogP contribution in [-0.4, -0.2) is 31.8 Å². The molecule has 0 spiro atoms. The minimum atomic E-state index is 0.626. The second-order valence-electron chi connectivity index (χ2n) is 4.31. The summed E-state index contributed by atoms with van der Waals surface area (Å²) >= 11 is 0. The largest absolute Gasteiger partial charge is 0.383 e. The Morgan fingerprint density at radius 3 is 2.88 bits per heavy atom. The van der Waals surface area contributed by atoms with E-state index in [2.05, 4.69) is 29.4 Å². The van der Waals surface area contributed by atoms with E-state index in [0.29, 0.717) is 5.92 Å². The first kappa shape index (κ1) is 13.1. The average Bonchev–Trinajstić information content (AvgIpc) is 2.28. The Kier molecular flexibility index (Phi) is 6.04. The molecule has 0 aliphatic carbocycles. The lowest BCUT2D eigenvalue weighted by Crippen LogP contribution is -2.25. The number of aromatic nitrogens is 1. The van der Waals surface area contributed by atoms with Crippen LogP contribution < -0.4 is 5.32 Å². The molecule has 1 heterocycles. The van der Waals surface area contributed by atoms with E-state index in [4.69, 9.17) is 4.74 Å². The maximum atomic E-state index is 4.98. The zero-order valence-electron chi connectivity index (χ0n) is 10.5. The van der Waals surface area contributed by atoms with E-state index in [9.17, 15) is 0 Å². The normalized spacial score (nSPS) is 12.7. The molecule has 0 aromatic carbocycles. The number of hydrogen-bond acceptors (Lipinski definition) is 3. The zero-order chi connectivity index (χ0) is 11.8. The minimum Gasteiger partial charge on any atom is -0.383 e. The van der Waals surface area contributed by atoms with Crippen molar-refractivity contribution in [3.05, 3.63) is 29.6 Å². The fourth-order valence-corrected chi connectivity index (χ4v) is 1.62. The third-order valence-electron chi connectivity index (χ3n) is 2.53. The van der Waals surface area contributed by atoms with Crippen LogP contribution in [0.1, 0.15) is 18.2 Å². The molecule has 0 bridgehead atoms. The lowest BCUT2D eigenvalue weighted by molar-refractivity contribution is 0.198. The van der Waals surface area contributed by atoms with Gasteiger partial charge in [-0.25, -0.2) is 0 Å². The molecule has 16 heavy (non-hydrogen) atoms. The van der Waals surface area contributed by atoms with Crippen LogP contribution in [0, 0.1) is 12.8 Å². The molecule has 1 rings (SSSR count). The summed E-state index contributed by atoms with van der Waals surface area (Å²) < 4.78 is 4.98. The molecular weight excluding hydrogens is 200 g/mol. The number of ether oxygens (including phenoxy) is 1. The number of hydrogen-bond donors (Lipinski definition) is 1. The van der Waals surface area contributed by atoms with Gasteiger partial charge >= 0.3 is 0 Å². The number of nitrogens with one attached hydrogen (secondary N) is 1. The van der Waals surface area contributed by atoms with Crippen LogP contribution >= 0.6 is 0 Å². The van der Waals surface area contributed by atoms with Crippen molar-refractivity contribution in [1.82, 2.24) is 10.3 Å². The summed E-state index contributed by atoms with van der Waals surface area (Å²) in [7, 11) is 1.73. The van der Waals surface area contributed by atoms with Crippen LogP contribution in [0.3, 0.4) is 0 Å². The lowest BCUT2D eigenvalue weighted by Gasteiger charge is -2.12. The fraction of sp³-hybridized carbons (Fsp3) is 0.615.